The molecule has 1 unspecified atom stereocenters. The van der Waals surface area contributed by atoms with E-state index in [4.69, 9.17) is 5.84 Å². The van der Waals surface area contributed by atoms with Gasteiger partial charge in [-0.25, -0.2) is 18.1 Å². The van der Waals surface area contributed by atoms with Gasteiger partial charge in [0.05, 0.1) is 5.69 Å². The fourth-order valence-electron chi connectivity index (χ4n) is 1.30. The van der Waals surface area contributed by atoms with E-state index in [9.17, 15) is 8.42 Å². The topological polar surface area (TPSA) is 97.1 Å². The Balaban J connectivity index is 2.74. The number of aromatic nitrogens is 1. The summed E-state index contributed by atoms with van der Waals surface area (Å²) in [5.74, 6) is 5.26. The molecule has 0 amide bonds. The highest BCUT2D eigenvalue weighted by molar-refractivity contribution is 7.99. The van der Waals surface area contributed by atoms with E-state index in [1.165, 1.54) is 6.20 Å². The smallest absolute Gasteiger partial charge is 0.260 e. The highest BCUT2D eigenvalue weighted by Crippen LogP contribution is 2.16. The third-order valence-electron chi connectivity index (χ3n) is 2.43. The van der Waals surface area contributed by atoms with Crippen LogP contribution in [0.2, 0.25) is 0 Å². The first-order valence-corrected chi connectivity index (χ1v) is 8.22. The summed E-state index contributed by atoms with van der Waals surface area (Å²) in [5, 5.41) is 0.327. The first-order chi connectivity index (χ1) is 8.51. The number of nitrogens with two attached hydrogens (primary N) is 1. The van der Waals surface area contributed by atoms with E-state index in [0.717, 1.165) is 6.42 Å². The van der Waals surface area contributed by atoms with Gasteiger partial charge >= 0.3 is 0 Å². The van der Waals surface area contributed by atoms with Crippen molar-refractivity contribution in [2.24, 2.45) is 5.84 Å². The zero-order valence-corrected chi connectivity index (χ0v) is 12.0. The van der Waals surface area contributed by atoms with Gasteiger partial charge in [0.25, 0.3) is 10.0 Å². The predicted octanol–water partition coefficient (Wildman–Crippen LogP) is 0.787. The summed E-state index contributed by atoms with van der Waals surface area (Å²) in [6.45, 7) is 2.43. The Kier molecular flexibility index (Phi) is 5.86. The zero-order valence-electron chi connectivity index (χ0n) is 10.4. The monoisotopic (exact) mass is 290 g/mol. The van der Waals surface area contributed by atoms with Crippen LogP contribution in [0.25, 0.3) is 0 Å². The Morgan fingerprint density at radius 2 is 2.28 bits per heavy atom. The van der Waals surface area contributed by atoms with Crippen molar-refractivity contribution >= 4 is 27.5 Å². The fraction of sp³-hybridized carbons (Fsp3) is 0.500. The minimum Gasteiger partial charge on any atom is -0.321 e. The summed E-state index contributed by atoms with van der Waals surface area (Å²) < 4.78 is 26.5. The van der Waals surface area contributed by atoms with Gasteiger partial charge in [0.2, 0.25) is 0 Å². The van der Waals surface area contributed by atoms with Gasteiger partial charge in [0.15, 0.2) is 5.03 Å². The second-order valence-corrected chi connectivity index (χ2v) is 6.69. The molecule has 1 aromatic heterocycles. The van der Waals surface area contributed by atoms with Crippen molar-refractivity contribution in [1.29, 1.82) is 0 Å². The molecule has 8 heteroatoms. The summed E-state index contributed by atoms with van der Waals surface area (Å²) in [7, 11) is -3.62. The van der Waals surface area contributed by atoms with Gasteiger partial charge in [-0.05, 0) is 24.8 Å². The normalized spacial score (nSPS) is 13.3. The van der Waals surface area contributed by atoms with Crippen LogP contribution in [0.4, 0.5) is 5.69 Å². The van der Waals surface area contributed by atoms with Crippen molar-refractivity contribution in [2.45, 2.75) is 23.6 Å². The fourth-order valence-corrected chi connectivity index (χ4v) is 2.79. The molecule has 102 valence electrons. The van der Waals surface area contributed by atoms with Crippen molar-refractivity contribution in [3.63, 3.8) is 0 Å². The van der Waals surface area contributed by atoms with E-state index in [1.807, 2.05) is 13.2 Å². The van der Waals surface area contributed by atoms with Gasteiger partial charge in [-0.15, -0.1) is 0 Å². The van der Waals surface area contributed by atoms with E-state index in [0.29, 0.717) is 11.8 Å². The largest absolute Gasteiger partial charge is 0.321 e. The van der Waals surface area contributed by atoms with E-state index in [-0.39, 0.29) is 10.7 Å². The molecule has 0 aliphatic rings. The van der Waals surface area contributed by atoms with Gasteiger partial charge in [0, 0.05) is 18.0 Å². The van der Waals surface area contributed by atoms with Crippen LogP contribution >= 0.6 is 11.8 Å². The molecule has 0 bridgehead atoms. The second-order valence-electron chi connectivity index (χ2n) is 3.73. The molecule has 18 heavy (non-hydrogen) atoms. The molecule has 6 nitrogen and oxygen atoms in total. The number of anilines is 1. The van der Waals surface area contributed by atoms with Crippen LogP contribution in [-0.4, -0.2) is 31.5 Å². The van der Waals surface area contributed by atoms with E-state index >= 15 is 0 Å². The number of hydrogen-bond donors (Lipinski definition) is 3. The molecule has 0 spiro atoms. The highest BCUT2D eigenvalue weighted by atomic mass is 32.2. The molecule has 1 heterocycles. The Morgan fingerprint density at radius 3 is 2.89 bits per heavy atom. The highest BCUT2D eigenvalue weighted by Gasteiger charge is 2.19. The van der Waals surface area contributed by atoms with Crippen molar-refractivity contribution in [3.05, 3.63) is 18.3 Å². The molecule has 0 aromatic carbocycles. The average Bonchev–Trinajstić information content (AvgIpc) is 2.38. The van der Waals surface area contributed by atoms with Crippen LogP contribution in [0, 0.1) is 0 Å². The third kappa shape index (κ3) is 4.13. The number of nitrogens with zero attached hydrogens (tertiary/aromatic N) is 1. The number of thioether (sulfide) groups is 1. The Bertz CT molecular complexity index is 479. The van der Waals surface area contributed by atoms with Gasteiger partial charge in [-0.3, -0.25) is 5.84 Å². The summed E-state index contributed by atoms with van der Waals surface area (Å²) in [6.07, 6.45) is 4.17. The lowest BCUT2D eigenvalue weighted by Crippen LogP contribution is -2.28. The molecule has 0 saturated heterocycles. The van der Waals surface area contributed by atoms with Crippen LogP contribution in [0.5, 0.6) is 0 Å². The van der Waals surface area contributed by atoms with Crippen molar-refractivity contribution in [1.82, 2.24) is 9.71 Å². The van der Waals surface area contributed by atoms with Gasteiger partial charge in [-0.1, -0.05) is 6.92 Å². The third-order valence-corrected chi connectivity index (χ3v) is 4.89. The number of nitrogen functional groups attached to an aromatic ring is 1. The van der Waals surface area contributed by atoms with Crippen LogP contribution in [0.1, 0.15) is 13.3 Å². The Hall–Kier alpha value is -0.830. The second kappa shape index (κ2) is 6.93. The van der Waals surface area contributed by atoms with Crippen LogP contribution in [0.3, 0.4) is 0 Å². The minimum atomic E-state index is -3.62. The first-order valence-electron chi connectivity index (χ1n) is 5.45. The van der Waals surface area contributed by atoms with Crippen LogP contribution in [0.15, 0.2) is 23.4 Å². The SMILES string of the molecule is CSC(C)CCNS(=O)(=O)c1ncccc1NN. The maximum atomic E-state index is 12.0. The summed E-state index contributed by atoms with van der Waals surface area (Å²) in [4.78, 5) is 3.84. The van der Waals surface area contributed by atoms with E-state index in [2.05, 4.69) is 15.1 Å². The minimum absolute atomic E-state index is 0.0793. The number of nitrogens with one attached hydrogen (secondary N) is 2. The number of sulfonamides is 1. The molecule has 1 aromatic rings. The van der Waals surface area contributed by atoms with Crippen LogP contribution in [-0.2, 0) is 10.0 Å². The summed E-state index contributed by atoms with van der Waals surface area (Å²) >= 11 is 1.70. The summed E-state index contributed by atoms with van der Waals surface area (Å²) in [6, 6.07) is 3.18. The molecule has 0 saturated carbocycles. The van der Waals surface area contributed by atoms with E-state index in [1.54, 1.807) is 23.9 Å². The Labute approximate surface area is 112 Å². The lowest BCUT2D eigenvalue weighted by Gasteiger charge is -2.11. The Morgan fingerprint density at radius 1 is 1.56 bits per heavy atom. The first kappa shape index (κ1) is 15.2. The zero-order chi connectivity index (χ0) is 13.6. The molecule has 0 aliphatic carbocycles. The lowest BCUT2D eigenvalue weighted by molar-refractivity contribution is 0.575. The number of rotatable bonds is 7. The van der Waals surface area contributed by atoms with Gasteiger partial charge in [-0.2, -0.15) is 11.8 Å². The van der Waals surface area contributed by atoms with Gasteiger partial charge < -0.3 is 5.43 Å². The molecular formula is C10H18N4O2S2. The maximum Gasteiger partial charge on any atom is 0.260 e. The molecule has 1 atom stereocenters. The molecule has 0 aliphatic heterocycles. The number of pyridine rings is 1. The average molecular weight is 290 g/mol. The standard InChI is InChI=1S/C10H18N4O2S2/c1-8(17-2)5-7-13-18(15,16)10-9(14-11)4-3-6-12-10/h3-4,6,8,13-14H,5,7,11H2,1-2H3. The quantitative estimate of drug-likeness (QED) is 0.507. The van der Waals surface area contributed by atoms with Gasteiger partial charge in [0.1, 0.15) is 0 Å². The summed E-state index contributed by atoms with van der Waals surface area (Å²) in [5.41, 5.74) is 2.61. The molecule has 0 radical (unpaired) electrons. The molecular weight excluding hydrogens is 272 g/mol. The maximum absolute atomic E-state index is 12.0. The molecule has 0 fully saturated rings. The number of hydrazine groups is 1. The van der Waals surface area contributed by atoms with Crippen LogP contribution < -0.4 is 16.0 Å². The lowest BCUT2D eigenvalue weighted by atomic mass is 10.3. The number of hydrogen-bond acceptors (Lipinski definition) is 6. The molecule has 4 N–H and O–H groups in total. The van der Waals surface area contributed by atoms with Crippen molar-refractivity contribution in [2.75, 3.05) is 18.2 Å². The molecule has 1 rings (SSSR count). The van der Waals surface area contributed by atoms with Crippen molar-refractivity contribution < 1.29 is 8.42 Å². The van der Waals surface area contributed by atoms with Crippen molar-refractivity contribution in [3.8, 4) is 0 Å². The predicted molar refractivity (Wildman–Crippen MR) is 74.8 cm³/mol. The van der Waals surface area contributed by atoms with E-state index < -0.39 is 10.0 Å².